The first-order valence-corrected chi connectivity index (χ1v) is 5.89. The zero-order valence-corrected chi connectivity index (χ0v) is 10.7. The summed E-state index contributed by atoms with van der Waals surface area (Å²) in [6, 6.07) is 2.24. The lowest BCUT2D eigenvalue weighted by Crippen LogP contribution is -2.23. The van der Waals surface area contributed by atoms with Gasteiger partial charge in [-0.3, -0.25) is 0 Å². The first-order valence-electron chi connectivity index (χ1n) is 5.89. The van der Waals surface area contributed by atoms with Gasteiger partial charge in [0.2, 0.25) is 0 Å². The van der Waals surface area contributed by atoms with E-state index in [0.717, 1.165) is 12.6 Å². The Morgan fingerprint density at radius 1 is 1.22 bits per heavy atom. The van der Waals surface area contributed by atoms with Gasteiger partial charge in [0.05, 0.1) is 7.11 Å². The van der Waals surface area contributed by atoms with E-state index in [2.05, 4.69) is 0 Å². The molecule has 0 bridgehead atoms. The number of hydrogen-bond donors (Lipinski definition) is 1. The van der Waals surface area contributed by atoms with E-state index in [1.807, 2.05) is 11.9 Å². The van der Waals surface area contributed by atoms with E-state index in [1.54, 1.807) is 0 Å². The van der Waals surface area contributed by atoms with Crippen molar-refractivity contribution in [1.82, 2.24) is 4.90 Å². The summed E-state index contributed by atoms with van der Waals surface area (Å²) in [5.41, 5.74) is 0.337. The Labute approximate surface area is 106 Å². The smallest absolute Gasteiger partial charge is 0.165 e. The topological polar surface area (TPSA) is 32.7 Å². The molecule has 0 aliphatic heterocycles. The highest BCUT2D eigenvalue weighted by atomic mass is 19.1. The maximum atomic E-state index is 13.6. The Bertz CT molecular complexity index is 385. The van der Waals surface area contributed by atoms with E-state index in [9.17, 15) is 8.78 Å². The fraction of sp³-hybridized carbons (Fsp3) is 0.538. The molecule has 0 saturated heterocycles. The van der Waals surface area contributed by atoms with Gasteiger partial charge >= 0.3 is 0 Å². The van der Waals surface area contributed by atoms with Crippen molar-refractivity contribution in [2.45, 2.75) is 12.8 Å². The maximum absolute atomic E-state index is 13.6. The second-order valence-electron chi connectivity index (χ2n) is 4.21. The quantitative estimate of drug-likeness (QED) is 0.811. The van der Waals surface area contributed by atoms with Crippen molar-refractivity contribution in [2.24, 2.45) is 0 Å². The van der Waals surface area contributed by atoms with Crippen molar-refractivity contribution in [3.63, 3.8) is 0 Å². The first kappa shape index (κ1) is 14.9. The van der Waals surface area contributed by atoms with Crippen LogP contribution in [0.1, 0.15) is 12.0 Å². The summed E-state index contributed by atoms with van der Waals surface area (Å²) in [6.45, 7) is 1.48. The van der Waals surface area contributed by atoms with E-state index in [0.29, 0.717) is 24.9 Å². The predicted octanol–water partition coefficient (Wildman–Crippen LogP) is 1.83. The Kier molecular flexibility index (Phi) is 6.01. The number of halogens is 2. The standard InChI is InChI=1S/C13H19F2NO2/c1-16(5-3-7-17)6-4-10-8-12(15)13(18-2)9-11(10)14/h8-9,17H,3-7H2,1-2H3. The molecule has 0 heterocycles. The molecule has 1 rings (SSSR count). The van der Waals surface area contributed by atoms with Gasteiger partial charge in [-0.25, -0.2) is 8.78 Å². The minimum Gasteiger partial charge on any atom is -0.494 e. The van der Waals surface area contributed by atoms with Gasteiger partial charge in [-0.15, -0.1) is 0 Å². The van der Waals surface area contributed by atoms with Gasteiger partial charge in [-0.05, 0) is 31.5 Å². The monoisotopic (exact) mass is 259 g/mol. The van der Waals surface area contributed by atoms with Gasteiger partial charge in [0.15, 0.2) is 11.6 Å². The van der Waals surface area contributed by atoms with E-state index < -0.39 is 11.6 Å². The van der Waals surface area contributed by atoms with Crippen LogP contribution in [0.4, 0.5) is 8.78 Å². The maximum Gasteiger partial charge on any atom is 0.165 e. The van der Waals surface area contributed by atoms with Crippen LogP contribution < -0.4 is 4.74 Å². The lowest BCUT2D eigenvalue weighted by molar-refractivity contribution is 0.248. The highest BCUT2D eigenvalue weighted by Crippen LogP contribution is 2.21. The number of rotatable bonds is 7. The third-order valence-corrected chi connectivity index (χ3v) is 2.78. The SMILES string of the molecule is COc1cc(F)c(CCN(C)CCCO)cc1F. The summed E-state index contributed by atoms with van der Waals surface area (Å²) in [7, 11) is 3.19. The fourth-order valence-electron chi connectivity index (χ4n) is 1.68. The summed E-state index contributed by atoms with van der Waals surface area (Å²) < 4.78 is 31.7. The van der Waals surface area contributed by atoms with E-state index in [-0.39, 0.29) is 12.4 Å². The van der Waals surface area contributed by atoms with Crippen LogP contribution in [0.3, 0.4) is 0 Å². The van der Waals surface area contributed by atoms with Gasteiger partial charge in [-0.2, -0.15) is 0 Å². The molecule has 1 N–H and O–H groups in total. The van der Waals surface area contributed by atoms with Crippen molar-refractivity contribution >= 4 is 0 Å². The number of benzene rings is 1. The highest BCUT2D eigenvalue weighted by Gasteiger charge is 2.10. The number of likely N-dealkylation sites (N-methyl/N-ethyl adjacent to an activating group) is 1. The van der Waals surface area contributed by atoms with Crippen LogP contribution in [0.5, 0.6) is 5.75 Å². The van der Waals surface area contributed by atoms with Crippen LogP contribution in [-0.4, -0.2) is 43.9 Å². The molecule has 0 aliphatic rings. The zero-order chi connectivity index (χ0) is 13.5. The van der Waals surface area contributed by atoms with E-state index in [1.165, 1.54) is 13.2 Å². The number of nitrogens with zero attached hydrogens (tertiary/aromatic N) is 1. The number of methoxy groups -OCH3 is 1. The Balaban J connectivity index is 2.59. The zero-order valence-electron chi connectivity index (χ0n) is 10.7. The fourth-order valence-corrected chi connectivity index (χ4v) is 1.68. The second-order valence-corrected chi connectivity index (χ2v) is 4.21. The lowest BCUT2D eigenvalue weighted by atomic mass is 10.1. The molecule has 5 heteroatoms. The molecule has 3 nitrogen and oxygen atoms in total. The minimum absolute atomic E-state index is 0.0788. The van der Waals surface area contributed by atoms with Gasteiger partial charge in [0.25, 0.3) is 0 Å². The summed E-state index contributed by atoms with van der Waals surface area (Å²) in [5, 5.41) is 8.69. The summed E-state index contributed by atoms with van der Waals surface area (Å²) in [5.74, 6) is -1.08. The van der Waals surface area contributed by atoms with Crippen LogP contribution >= 0.6 is 0 Å². The molecule has 1 aromatic rings. The third-order valence-electron chi connectivity index (χ3n) is 2.78. The molecule has 0 aromatic heterocycles. The molecule has 0 amide bonds. The Morgan fingerprint density at radius 2 is 1.94 bits per heavy atom. The van der Waals surface area contributed by atoms with Crippen molar-refractivity contribution < 1.29 is 18.6 Å². The van der Waals surface area contributed by atoms with Crippen LogP contribution in [0.15, 0.2) is 12.1 Å². The van der Waals surface area contributed by atoms with Crippen LogP contribution in [0.2, 0.25) is 0 Å². The largest absolute Gasteiger partial charge is 0.494 e. The van der Waals surface area contributed by atoms with E-state index in [4.69, 9.17) is 9.84 Å². The molecule has 0 aliphatic carbocycles. The molecular weight excluding hydrogens is 240 g/mol. The highest BCUT2D eigenvalue weighted by molar-refractivity contribution is 5.31. The summed E-state index contributed by atoms with van der Waals surface area (Å²) in [4.78, 5) is 1.97. The molecule has 0 spiro atoms. The summed E-state index contributed by atoms with van der Waals surface area (Å²) >= 11 is 0. The van der Waals surface area contributed by atoms with Crippen molar-refractivity contribution in [3.05, 3.63) is 29.3 Å². The average molecular weight is 259 g/mol. The molecule has 102 valence electrons. The minimum atomic E-state index is -0.549. The Hall–Kier alpha value is -1.20. The van der Waals surface area contributed by atoms with Gasteiger partial charge in [0.1, 0.15) is 5.82 Å². The molecule has 18 heavy (non-hydrogen) atoms. The molecule has 1 aromatic carbocycles. The molecule has 0 saturated carbocycles. The van der Waals surface area contributed by atoms with Gasteiger partial charge in [0, 0.05) is 25.8 Å². The first-order chi connectivity index (χ1) is 8.58. The van der Waals surface area contributed by atoms with Crippen molar-refractivity contribution in [3.8, 4) is 5.75 Å². The van der Waals surface area contributed by atoms with Crippen LogP contribution in [0.25, 0.3) is 0 Å². The molecule has 0 unspecified atom stereocenters. The lowest BCUT2D eigenvalue weighted by Gasteiger charge is -2.16. The molecular formula is C13H19F2NO2. The molecule has 0 atom stereocenters. The third kappa shape index (κ3) is 4.23. The van der Waals surface area contributed by atoms with Crippen LogP contribution in [-0.2, 0) is 6.42 Å². The predicted molar refractivity (Wildman–Crippen MR) is 65.8 cm³/mol. The Morgan fingerprint density at radius 3 is 2.56 bits per heavy atom. The molecule has 0 fully saturated rings. The number of aliphatic hydroxyl groups is 1. The number of hydrogen-bond acceptors (Lipinski definition) is 3. The summed E-state index contributed by atoms with van der Waals surface area (Å²) in [6.07, 6.45) is 1.10. The number of ether oxygens (including phenoxy) is 1. The van der Waals surface area contributed by atoms with Gasteiger partial charge < -0.3 is 14.7 Å². The second kappa shape index (κ2) is 7.28. The average Bonchev–Trinajstić information content (AvgIpc) is 2.36. The van der Waals surface area contributed by atoms with E-state index >= 15 is 0 Å². The van der Waals surface area contributed by atoms with Crippen LogP contribution in [0, 0.1) is 11.6 Å². The number of aliphatic hydroxyl groups excluding tert-OH is 1. The molecule has 0 radical (unpaired) electrons. The van der Waals surface area contributed by atoms with Crippen molar-refractivity contribution in [1.29, 1.82) is 0 Å². The van der Waals surface area contributed by atoms with Gasteiger partial charge in [-0.1, -0.05) is 0 Å². The van der Waals surface area contributed by atoms with Crippen molar-refractivity contribution in [2.75, 3.05) is 33.9 Å². The normalized spacial score (nSPS) is 11.0.